The molecule has 0 fully saturated rings. The molecule has 2 nitrogen and oxygen atoms in total. The minimum absolute atomic E-state index is 0.165. The summed E-state index contributed by atoms with van der Waals surface area (Å²) in [6, 6.07) is 8.73. The Kier molecular flexibility index (Phi) is 3.93. The number of hydrogen-bond donors (Lipinski definition) is 1. The lowest BCUT2D eigenvalue weighted by molar-refractivity contribution is 0.497. The maximum absolute atomic E-state index is 5.63. The van der Waals surface area contributed by atoms with Gasteiger partial charge in [-0.15, -0.1) is 0 Å². The van der Waals surface area contributed by atoms with Crippen LogP contribution in [-0.2, 0) is 0 Å². The minimum Gasteiger partial charge on any atom is -0.466 e. The molecular weight excluding hydrogens is 290 g/mol. The molecule has 0 radical (unpaired) electrons. The lowest BCUT2D eigenvalue weighted by Gasteiger charge is -2.17. The number of halogens is 1. The fourth-order valence-electron chi connectivity index (χ4n) is 2.37. The summed E-state index contributed by atoms with van der Waals surface area (Å²) in [6.07, 6.45) is 0. The maximum Gasteiger partial charge on any atom is 0.106 e. The minimum atomic E-state index is 0.165. The first-order valence-corrected chi connectivity index (χ1v) is 6.82. The van der Waals surface area contributed by atoms with Gasteiger partial charge in [-0.2, -0.15) is 0 Å². The van der Waals surface area contributed by atoms with Crippen LogP contribution in [0.4, 0.5) is 0 Å². The highest BCUT2D eigenvalue weighted by molar-refractivity contribution is 9.10. The lowest BCUT2D eigenvalue weighted by Crippen LogP contribution is -2.18. The molecule has 1 heterocycles. The Labute approximate surface area is 117 Å². The Balaban J connectivity index is 2.48. The molecule has 0 aliphatic heterocycles. The van der Waals surface area contributed by atoms with Gasteiger partial charge in [-0.3, -0.25) is 0 Å². The second-order valence-corrected chi connectivity index (χ2v) is 5.57. The predicted octanol–water partition coefficient (Wildman–Crippen LogP) is 4.28. The van der Waals surface area contributed by atoms with Crippen molar-refractivity contribution >= 4 is 15.9 Å². The van der Waals surface area contributed by atoms with Crippen molar-refractivity contribution in [3.05, 3.63) is 56.9 Å². The Morgan fingerprint density at radius 2 is 1.83 bits per heavy atom. The first kappa shape index (κ1) is 13.4. The maximum atomic E-state index is 5.63. The van der Waals surface area contributed by atoms with Crippen molar-refractivity contribution in [3.8, 4) is 0 Å². The van der Waals surface area contributed by atoms with Crippen LogP contribution < -0.4 is 5.32 Å². The van der Waals surface area contributed by atoms with Crippen molar-refractivity contribution in [1.29, 1.82) is 0 Å². The van der Waals surface area contributed by atoms with Gasteiger partial charge in [-0.25, -0.2) is 0 Å². The zero-order chi connectivity index (χ0) is 13.3. The molecule has 0 aliphatic rings. The van der Waals surface area contributed by atoms with Crippen molar-refractivity contribution in [1.82, 2.24) is 5.32 Å². The van der Waals surface area contributed by atoms with Crippen LogP contribution in [0.15, 0.2) is 33.2 Å². The fourth-order valence-corrected chi connectivity index (χ4v) is 3.00. The van der Waals surface area contributed by atoms with Crippen molar-refractivity contribution in [2.24, 2.45) is 0 Å². The van der Waals surface area contributed by atoms with Gasteiger partial charge >= 0.3 is 0 Å². The largest absolute Gasteiger partial charge is 0.466 e. The number of furan rings is 1. The highest BCUT2D eigenvalue weighted by atomic mass is 79.9. The van der Waals surface area contributed by atoms with E-state index in [9.17, 15) is 0 Å². The smallest absolute Gasteiger partial charge is 0.106 e. The van der Waals surface area contributed by atoms with E-state index in [0.29, 0.717) is 0 Å². The van der Waals surface area contributed by atoms with Crippen LogP contribution in [0.5, 0.6) is 0 Å². The van der Waals surface area contributed by atoms with E-state index in [1.807, 2.05) is 20.9 Å². The summed E-state index contributed by atoms with van der Waals surface area (Å²) >= 11 is 3.56. The van der Waals surface area contributed by atoms with Crippen molar-refractivity contribution < 1.29 is 4.42 Å². The van der Waals surface area contributed by atoms with E-state index in [4.69, 9.17) is 4.42 Å². The van der Waals surface area contributed by atoms with E-state index in [0.717, 1.165) is 16.0 Å². The quantitative estimate of drug-likeness (QED) is 0.915. The molecule has 1 unspecified atom stereocenters. The standard InChI is InChI=1S/C15H18BrNO/c1-9-5-12(8-13(16)6-9)15(17-4)14-7-10(2)18-11(14)3/h5-8,15,17H,1-4H3. The zero-order valence-corrected chi connectivity index (χ0v) is 12.8. The van der Waals surface area contributed by atoms with E-state index in [1.54, 1.807) is 0 Å². The predicted molar refractivity (Wildman–Crippen MR) is 78.0 cm³/mol. The second kappa shape index (κ2) is 5.29. The molecule has 1 N–H and O–H groups in total. The van der Waals surface area contributed by atoms with Crippen LogP contribution in [0.3, 0.4) is 0 Å². The summed E-state index contributed by atoms with van der Waals surface area (Å²) < 4.78 is 6.73. The molecule has 1 aromatic heterocycles. The van der Waals surface area contributed by atoms with Crippen molar-refractivity contribution in [2.75, 3.05) is 7.05 Å². The molecule has 96 valence electrons. The molecule has 3 heteroatoms. The van der Waals surface area contributed by atoms with Crippen LogP contribution in [0.25, 0.3) is 0 Å². The molecule has 1 atom stereocenters. The number of benzene rings is 1. The number of aryl methyl sites for hydroxylation is 3. The topological polar surface area (TPSA) is 25.2 Å². The van der Waals surface area contributed by atoms with Crippen LogP contribution in [0.1, 0.15) is 34.3 Å². The summed E-state index contributed by atoms with van der Waals surface area (Å²) in [5, 5.41) is 3.36. The summed E-state index contributed by atoms with van der Waals surface area (Å²) in [6.45, 7) is 6.10. The Morgan fingerprint density at radius 3 is 2.33 bits per heavy atom. The molecule has 0 bridgehead atoms. The van der Waals surface area contributed by atoms with Crippen LogP contribution in [-0.4, -0.2) is 7.05 Å². The molecule has 18 heavy (non-hydrogen) atoms. The van der Waals surface area contributed by atoms with E-state index in [1.165, 1.54) is 16.7 Å². The van der Waals surface area contributed by atoms with Gasteiger partial charge in [0.15, 0.2) is 0 Å². The Bertz CT molecular complexity index is 539. The van der Waals surface area contributed by atoms with Crippen molar-refractivity contribution in [3.63, 3.8) is 0 Å². The zero-order valence-electron chi connectivity index (χ0n) is 11.2. The van der Waals surface area contributed by atoms with Gasteiger partial charge < -0.3 is 9.73 Å². The monoisotopic (exact) mass is 307 g/mol. The molecule has 0 aliphatic carbocycles. The number of nitrogens with one attached hydrogen (secondary N) is 1. The third-order valence-corrected chi connectivity index (χ3v) is 3.53. The van der Waals surface area contributed by atoms with Gasteiger partial charge in [0.1, 0.15) is 11.5 Å². The molecule has 0 spiro atoms. The van der Waals surface area contributed by atoms with Gasteiger partial charge in [0, 0.05) is 10.0 Å². The molecule has 1 aromatic carbocycles. The highest BCUT2D eigenvalue weighted by Gasteiger charge is 2.18. The average Bonchev–Trinajstić information content (AvgIpc) is 2.58. The van der Waals surface area contributed by atoms with Crippen LogP contribution >= 0.6 is 15.9 Å². The third-order valence-electron chi connectivity index (χ3n) is 3.08. The highest BCUT2D eigenvalue weighted by Crippen LogP contribution is 2.29. The van der Waals surface area contributed by atoms with E-state index in [-0.39, 0.29) is 6.04 Å². The molecule has 0 saturated heterocycles. The van der Waals surface area contributed by atoms with Gasteiger partial charge in [-0.1, -0.05) is 22.0 Å². The van der Waals surface area contributed by atoms with Gasteiger partial charge in [0.2, 0.25) is 0 Å². The normalized spacial score (nSPS) is 12.7. The lowest BCUT2D eigenvalue weighted by atomic mass is 9.98. The third kappa shape index (κ3) is 2.68. The van der Waals surface area contributed by atoms with E-state index >= 15 is 0 Å². The fraction of sp³-hybridized carbons (Fsp3) is 0.333. The summed E-state index contributed by atoms with van der Waals surface area (Å²) in [4.78, 5) is 0. The molecule has 2 aromatic rings. The first-order valence-electron chi connectivity index (χ1n) is 6.02. The second-order valence-electron chi connectivity index (χ2n) is 4.65. The number of hydrogen-bond acceptors (Lipinski definition) is 2. The summed E-state index contributed by atoms with van der Waals surface area (Å²) in [5.74, 6) is 1.93. The Morgan fingerprint density at radius 1 is 1.11 bits per heavy atom. The first-order chi connectivity index (χ1) is 8.51. The van der Waals surface area contributed by atoms with Gasteiger partial charge in [-0.05, 0) is 57.1 Å². The molecule has 0 saturated carbocycles. The van der Waals surface area contributed by atoms with Crippen LogP contribution in [0, 0.1) is 20.8 Å². The summed E-state index contributed by atoms with van der Waals surface area (Å²) in [7, 11) is 1.97. The molecule has 0 amide bonds. The van der Waals surface area contributed by atoms with Crippen LogP contribution in [0.2, 0.25) is 0 Å². The average molecular weight is 308 g/mol. The number of rotatable bonds is 3. The SMILES string of the molecule is CNC(c1cc(C)cc(Br)c1)c1cc(C)oc1C. The molecule has 2 rings (SSSR count). The Hall–Kier alpha value is -1.06. The summed E-state index contributed by atoms with van der Waals surface area (Å²) in [5.41, 5.74) is 3.69. The van der Waals surface area contributed by atoms with E-state index in [2.05, 4.69) is 52.4 Å². The van der Waals surface area contributed by atoms with Gasteiger partial charge in [0.25, 0.3) is 0 Å². The van der Waals surface area contributed by atoms with E-state index < -0.39 is 0 Å². The van der Waals surface area contributed by atoms with Crippen molar-refractivity contribution in [2.45, 2.75) is 26.8 Å². The van der Waals surface area contributed by atoms with Gasteiger partial charge in [0.05, 0.1) is 6.04 Å². The molecular formula is C15H18BrNO.